The second-order valence-corrected chi connectivity index (χ2v) is 7.13. The van der Waals surface area contributed by atoms with Crippen molar-refractivity contribution in [1.29, 1.82) is 0 Å². The van der Waals surface area contributed by atoms with Crippen molar-refractivity contribution in [3.05, 3.63) is 10.6 Å². The first kappa shape index (κ1) is 18.4. The molecule has 0 aromatic carbocycles. The zero-order valence-corrected chi connectivity index (χ0v) is 15.5. The minimum Gasteiger partial charge on any atom is -0.346 e. The number of nitrogens with one attached hydrogen (secondary N) is 1. The molecular formula is C17H33N3S. The third kappa shape index (κ3) is 5.59. The Morgan fingerprint density at radius 3 is 2.43 bits per heavy atom. The summed E-state index contributed by atoms with van der Waals surface area (Å²) in [6.45, 7) is 15.6. The Kier molecular flexibility index (Phi) is 8.27. The summed E-state index contributed by atoms with van der Waals surface area (Å²) < 4.78 is 0. The number of anilines is 1. The molecule has 1 rings (SSSR count). The van der Waals surface area contributed by atoms with Gasteiger partial charge in [-0.2, -0.15) is 0 Å². The molecule has 1 aromatic rings. The van der Waals surface area contributed by atoms with Crippen LogP contribution in [-0.4, -0.2) is 24.1 Å². The fourth-order valence-electron chi connectivity index (χ4n) is 2.48. The van der Waals surface area contributed by atoms with E-state index in [1.807, 2.05) is 11.3 Å². The lowest BCUT2D eigenvalue weighted by molar-refractivity contribution is 0.575. The summed E-state index contributed by atoms with van der Waals surface area (Å²) in [6.07, 6.45) is 5.00. The highest BCUT2D eigenvalue weighted by Crippen LogP contribution is 2.31. The Hall–Kier alpha value is -0.610. The van der Waals surface area contributed by atoms with Gasteiger partial charge in [0.15, 0.2) is 5.13 Å². The van der Waals surface area contributed by atoms with Crippen LogP contribution in [0.2, 0.25) is 0 Å². The van der Waals surface area contributed by atoms with Crippen molar-refractivity contribution in [3.63, 3.8) is 0 Å². The predicted octanol–water partition coefficient (Wildman–Crippen LogP) is 4.92. The van der Waals surface area contributed by atoms with Crippen LogP contribution in [0.3, 0.4) is 0 Å². The molecule has 1 atom stereocenters. The van der Waals surface area contributed by atoms with E-state index in [-0.39, 0.29) is 0 Å². The quantitative estimate of drug-likeness (QED) is 0.622. The van der Waals surface area contributed by atoms with E-state index in [0.717, 1.165) is 13.1 Å². The number of aryl methyl sites for hydroxylation is 1. The molecular weight excluding hydrogens is 278 g/mol. The van der Waals surface area contributed by atoms with E-state index in [2.05, 4.69) is 51.8 Å². The molecule has 0 spiro atoms. The molecule has 0 bridgehead atoms. The fourth-order valence-corrected chi connectivity index (χ4v) is 3.73. The van der Waals surface area contributed by atoms with Crippen LogP contribution in [0.15, 0.2) is 0 Å². The van der Waals surface area contributed by atoms with Crippen LogP contribution in [0.4, 0.5) is 5.13 Å². The van der Waals surface area contributed by atoms with E-state index in [1.54, 1.807) is 0 Å². The van der Waals surface area contributed by atoms with Gasteiger partial charge in [0.05, 0.1) is 5.69 Å². The fraction of sp³-hybridized carbons (Fsp3) is 0.824. The number of hydrogen-bond acceptors (Lipinski definition) is 4. The zero-order chi connectivity index (χ0) is 15.8. The van der Waals surface area contributed by atoms with E-state index >= 15 is 0 Å². The molecule has 0 saturated heterocycles. The SMILES string of the molecule is CCCCCN(c1nc(C)c(C(C)NCCC)s1)C(C)C. The number of aromatic nitrogens is 1. The monoisotopic (exact) mass is 311 g/mol. The molecule has 0 fully saturated rings. The predicted molar refractivity (Wildman–Crippen MR) is 95.6 cm³/mol. The molecule has 0 amide bonds. The van der Waals surface area contributed by atoms with Gasteiger partial charge in [-0.05, 0) is 47.1 Å². The molecule has 0 aliphatic heterocycles. The minimum absolute atomic E-state index is 0.404. The summed E-state index contributed by atoms with van der Waals surface area (Å²) in [7, 11) is 0. The summed E-state index contributed by atoms with van der Waals surface area (Å²) >= 11 is 1.86. The average Bonchev–Trinajstić information content (AvgIpc) is 2.82. The smallest absolute Gasteiger partial charge is 0.186 e. The van der Waals surface area contributed by atoms with Gasteiger partial charge in [-0.15, -0.1) is 11.3 Å². The number of unbranched alkanes of at least 4 members (excludes halogenated alkanes) is 2. The molecule has 1 unspecified atom stereocenters. The van der Waals surface area contributed by atoms with Gasteiger partial charge in [0.2, 0.25) is 0 Å². The van der Waals surface area contributed by atoms with Gasteiger partial charge < -0.3 is 10.2 Å². The molecule has 1 heterocycles. The molecule has 0 aliphatic carbocycles. The van der Waals surface area contributed by atoms with E-state index in [1.165, 1.54) is 41.4 Å². The van der Waals surface area contributed by atoms with Crippen molar-refractivity contribution in [2.45, 2.75) is 79.3 Å². The lowest BCUT2D eigenvalue weighted by Gasteiger charge is -2.26. The molecule has 3 nitrogen and oxygen atoms in total. The number of thiazole rings is 1. The third-order valence-electron chi connectivity index (χ3n) is 3.79. The van der Waals surface area contributed by atoms with Gasteiger partial charge in [-0.1, -0.05) is 26.7 Å². The van der Waals surface area contributed by atoms with Crippen molar-refractivity contribution in [2.75, 3.05) is 18.0 Å². The van der Waals surface area contributed by atoms with Crippen molar-refractivity contribution >= 4 is 16.5 Å². The van der Waals surface area contributed by atoms with Crippen molar-refractivity contribution in [3.8, 4) is 0 Å². The molecule has 0 saturated carbocycles. The molecule has 1 aromatic heterocycles. The second kappa shape index (κ2) is 9.42. The highest BCUT2D eigenvalue weighted by molar-refractivity contribution is 7.15. The number of rotatable bonds is 10. The first-order valence-corrected chi connectivity index (χ1v) is 9.30. The van der Waals surface area contributed by atoms with Crippen LogP contribution in [0.1, 0.15) is 76.9 Å². The van der Waals surface area contributed by atoms with E-state index in [4.69, 9.17) is 4.98 Å². The van der Waals surface area contributed by atoms with Crippen LogP contribution in [0, 0.1) is 6.92 Å². The summed E-state index contributed by atoms with van der Waals surface area (Å²) in [5.74, 6) is 0. The molecule has 0 aliphatic rings. The van der Waals surface area contributed by atoms with Crippen molar-refractivity contribution in [1.82, 2.24) is 10.3 Å². The van der Waals surface area contributed by atoms with E-state index in [9.17, 15) is 0 Å². The van der Waals surface area contributed by atoms with E-state index in [0.29, 0.717) is 12.1 Å². The average molecular weight is 312 g/mol. The number of hydrogen-bond donors (Lipinski definition) is 1. The maximum atomic E-state index is 4.84. The second-order valence-electron chi connectivity index (χ2n) is 6.12. The number of nitrogens with zero attached hydrogens (tertiary/aromatic N) is 2. The Morgan fingerprint density at radius 2 is 1.86 bits per heavy atom. The summed E-state index contributed by atoms with van der Waals surface area (Å²) in [4.78, 5) is 8.69. The van der Waals surface area contributed by atoms with Crippen LogP contribution in [0.25, 0.3) is 0 Å². The van der Waals surface area contributed by atoms with Crippen molar-refractivity contribution < 1.29 is 0 Å². The van der Waals surface area contributed by atoms with Crippen molar-refractivity contribution in [2.24, 2.45) is 0 Å². The van der Waals surface area contributed by atoms with Gasteiger partial charge in [0.25, 0.3) is 0 Å². The molecule has 122 valence electrons. The molecule has 4 heteroatoms. The first-order valence-electron chi connectivity index (χ1n) is 8.48. The van der Waals surface area contributed by atoms with Gasteiger partial charge in [0.1, 0.15) is 0 Å². The van der Waals surface area contributed by atoms with Crippen LogP contribution >= 0.6 is 11.3 Å². The highest BCUT2D eigenvalue weighted by atomic mass is 32.1. The lowest BCUT2D eigenvalue weighted by Crippen LogP contribution is -2.31. The summed E-state index contributed by atoms with van der Waals surface area (Å²) in [5, 5.41) is 4.77. The summed E-state index contributed by atoms with van der Waals surface area (Å²) in [6, 6.07) is 0.917. The minimum atomic E-state index is 0.404. The first-order chi connectivity index (χ1) is 10.0. The Labute approximate surface area is 135 Å². The lowest BCUT2D eigenvalue weighted by atomic mass is 10.2. The maximum Gasteiger partial charge on any atom is 0.186 e. The summed E-state index contributed by atoms with van der Waals surface area (Å²) in [5.41, 5.74) is 1.19. The zero-order valence-electron chi connectivity index (χ0n) is 14.7. The Balaban J connectivity index is 2.80. The topological polar surface area (TPSA) is 28.2 Å². The largest absolute Gasteiger partial charge is 0.346 e. The normalized spacial score (nSPS) is 12.9. The van der Waals surface area contributed by atoms with Crippen LogP contribution in [-0.2, 0) is 0 Å². The molecule has 1 N–H and O–H groups in total. The van der Waals surface area contributed by atoms with Gasteiger partial charge >= 0.3 is 0 Å². The molecule has 21 heavy (non-hydrogen) atoms. The standard InChI is InChI=1S/C17H33N3S/c1-7-9-10-12-20(13(3)4)17-19-15(6)16(21-17)14(5)18-11-8-2/h13-14,18H,7-12H2,1-6H3. The highest BCUT2D eigenvalue weighted by Gasteiger charge is 2.19. The Bertz CT molecular complexity index is 401. The van der Waals surface area contributed by atoms with Crippen LogP contribution < -0.4 is 10.2 Å². The molecule has 0 radical (unpaired) electrons. The third-order valence-corrected chi connectivity index (χ3v) is 5.16. The van der Waals surface area contributed by atoms with E-state index < -0.39 is 0 Å². The Morgan fingerprint density at radius 1 is 1.14 bits per heavy atom. The van der Waals surface area contributed by atoms with Gasteiger partial charge in [-0.25, -0.2) is 4.98 Å². The van der Waals surface area contributed by atoms with Gasteiger partial charge in [-0.3, -0.25) is 0 Å². The van der Waals surface area contributed by atoms with Gasteiger partial charge in [0, 0.05) is 23.5 Å². The maximum absolute atomic E-state index is 4.84. The van der Waals surface area contributed by atoms with Crippen LogP contribution in [0.5, 0.6) is 0 Å².